The largest absolute Gasteiger partial charge is 0.493 e. The van der Waals surface area contributed by atoms with Gasteiger partial charge in [0.05, 0.1) is 26.6 Å². The van der Waals surface area contributed by atoms with E-state index in [9.17, 15) is 4.57 Å². The average Bonchev–Trinajstić information content (AvgIpc) is 2.54. The van der Waals surface area contributed by atoms with Crippen molar-refractivity contribution in [1.29, 1.82) is 0 Å². The second-order valence-corrected chi connectivity index (χ2v) is 7.26. The lowest BCUT2D eigenvalue weighted by Crippen LogP contribution is -2.05. The Morgan fingerprint density at radius 1 is 0.909 bits per heavy atom. The van der Waals surface area contributed by atoms with E-state index < -0.39 is 6.72 Å². The van der Waals surface area contributed by atoms with Crippen LogP contribution in [0.25, 0.3) is 0 Å². The highest BCUT2D eigenvalue weighted by Crippen LogP contribution is 2.53. The van der Waals surface area contributed by atoms with Crippen LogP contribution in [0.5, 0.6) is 23.0 Å². The molecule has 118 valence electrons. The molecule has 0 aliphatic rings. The summed E-state index contributed by atoms with van der Waals surface area (Å²) < 4.78 is 33.7. The topological polar surface area (TPSA) is 54.0 Å². The molecule has 2 aromatic carbocycles. The first-order chi connectivity index (χ1) is 10.5. The van der Waals surface area contributed by atoms with Crippen LogP contribution in [0.3, 0.4) is 0 Å². The minimum atomic E-state index is -3.53. The molecule has 22 heavy (non-hydrogen) atoms. The fourth-order valence-electron chi connectivity index (χ4n) is 1.90. The van der Waals surface area contributed by atoms with Crippen molar-refractivity contribution in [1.82, 2.24) is 0 Å². The fraction of sp³-hybridized carbons (Fsp3) is 0.200. The maximum absolute atomic E-state index is 12.6. The van der Waals surface area contributed by atoms with Gasteiger partial charge in [0.25, 0.3) is 0 Å². The molecule has 0 saturated carbocycles. The summed E-state index contributed by atoms with van der Waals surface area (Å²) in [6, 6.07) is 11.7. The molecule has 1 unspecified atom stereocenters. The van der Waals surface area contributed by atoms with Crippen LogP contribution in [0.2, 0.25) is 0 Å². The molecule has 2 rings (SSSR count). The molecular formula is C15H16ClO5P. The average molecular weight is 343 g/mol. The smallest absolute Gasteiger partial charge is 0.366 e. The van der Waals surface area contributed by atoms with E-state index in [4.69, 9.17) is 30.0 Å². The van der Waals surface area contributed by atoms with E-state index in [-0.39, 0.29) is 5.75 Å². The summed E-state index contributed by atoms with van der Waals surface area (Å²) in [5.74, 6) is 1.46. The van der Waals surface area contributed by atoms with Gasteiger partial charge in [-0.2, -0.15) is 0 Å². The highest BCUT2D eigenvalue weighted by molar-refractivity contribution is 7.91. The van der Waals surface area contributed by atoms with Crippen molar-refractivity contribution in [2.45, 2.75) is 0 Å². The highest BCUT2D eigenvalue weighted by atomic mass is 35.7. The number of ether oxygens (including phenoxy) is 3. The van der Waals surface area contributed by atoms with Gasteiger partial charge < -0.3 is 18.7 Å². The molecule has 0 aromatic heterocycles. The van der Waals surface area contributed by atoms with Crippen molar-refractivity contribution in [3.63, 3.8) is 0 Å². The normalized spacial score (nSPS) is 13.1. The lowest BCUT2D eigenvalue weighted by atomic mass is 10.2. The maximum Gasteiger partial charge on any atom is 0.366 e. The van der Waals surface area contributed by atoms with Gasteiger partial charge in [-0.1, -0.05) is 18.2 Å². The summed E-state index contributed by atoms with van der Waals surface area (Å²) in [6.07, 6.45) is 0. The Morgan fingerprint density at radius 3 is 1.91 bits per heavy atom. The van der Waals surface area contributed by atoms with Gasteiger partial charge in [0, 0.05) is 12.1 Å². The molecule has 0 fully saturated rings. The third-order valence-corrected chi connectivity index (χ3v) is 5.08. The Bertz CT molecular complexity index is 665. The lowest BCUT2D eigenvalue weighted by Gasteiger charge is -2.17. The zero-order valence-corrected chi connectivity index (χ0v) is 14.1. The van der Waals surface area contributed by atoms with Gasteiger partial charge in [-0.25, -0.2) is 0 Å². The number of benzene rings is 2. The zero-order valence-electron chi connectivity index (χ0n) is 12.4. The van der Waals surface area contributed by atoms with Crippen molar-refractivity contribution in [2.24, 2.45) is 0 Å². The second-order valence-electron chi connectivity index (χ2n) is 4.27. The quantitative estimate of drug-likeness (QED) is 0.746. The summed E-state index contributed by atoms with van der Waals surface area (Å²) in [5, 5.41) is 0.408. The monoisotopic (exact) mass is 342 g/mol. The van der Waals surface area contributed by atoms with E-state index in [0.717, 1.165) is 0 Å². The summed E-state index contributed by atoms with van der Waals surface area (Å²) in [5.41, 5.74) is 0. The molecule has 0 N–H and O–H groups in total. The van der Waals surface area contributed by atoms with Crippen LogP contribution in [0, 0.1) is 0 Å². The fourth-order valence-corrected chi connectivity index (χ4v) is 3.49. The Labute approximate surface area is 134 Å². The van der Waals surface area contributed by atoms with Crippen molar-refractivity contribution in [3.05, 3.63) is 42.5 Å². The first-order valence-corrected chi connectivity index (χ1v) is 8.89. The number of rotatable bonds is 6. The predicted molar refractivity (Wildman–Crippen MR) is 86.3 cm³/mol. The van der Waals surface area contributed by atoms with Gasteiger partial charge in [-0.3, -0.25) is 4.57 Å². The van der Waals surface area contributed by atoms with E-state index in [0.29, 0.717) is 22.6 Å². The molecule has 0 heterocycles. The van der Waals surface area contributed by atoms with Crippen molar-refractivity contribution in [2.75, 3.05) is 21.3 Å². The Balaban J connectivity index is 2.39. The Morgan fingerprint density at radius 2 is 1.45 bits per heavy atom. The Kier molecular flexibility index (Phi) is 5.22. The van der Waals surface area contributed by atoms with E-state index in [2.05, 4.69) is 0 Å². The summed E-state index contributed by atoms with van der Waals surface area (Å²) >= 11 is 6.08. The van der Waals surface area contributed by atoms with Crippen LogP contribution >= 0.6 is 18.0 Å². The molecule has 2 aromatic rings. The van der Waals surface area contributed by atoms with Crippen LogP contribution in [0.4, 0.5) is 0 Å². The Hall–Kier alpha value is -1.84. The SMILES string of the molecule is COc1cc(OP(=O)(Cl)c2ccccc2)cc(OC)c1OC. The van der Waals surface area contributed by atoms with Gasteiger partial charge in [0.15, 0.2) is 11.5 Å². The molecular weight excluding hydrogens is 327 g/mol. The number of methoxy groups -OCH3 is 3. The van der Waals surface area contributed by atoms with Crippen molar-refractivity contribution in [3.8, 4) is 23.0 Å². The van der Waals surface area contributed by atoms with E-state index in [1.54, 1.807) is 42.5 Å². The molecule has 0 saturated heterocycles. The van der Waals surface area contributed by atoms with Crippen LogP contribution in [0.15, 0.2) is 42.5 Å². The maximum atomic E-state index is 12.6. The molecule has 5 nitrogen and oxygen atoms in total. The molecule has 7 heteroatoms. The highest BCUT2D eigenvalue weighted by Gasteiger charge is 2.25. The number of hydrogen-bond acceptors (Lipinski definition) is 5. The minimum Gasteiger partial charge on any atom is -0.493 e. The molecule has 0 spiro atoms. The van der Waals surface area contributed by atoms with E-state index >= 15 is 0 Å². The van der Waals surface area contributed by atoms with E-state index in [1.165, 1.54) is 21.3 Å². The number of hydrogen-bond donors (Lipinski definition) is 0. The van der Waals surface area contributed by atoms with Gasteiger partial charge in [0.1, 0.15) is 5.75 Å². The molecule has 0 bridgehead atoms. The van der Waals surface area contributed by atoms with Gasteiger partial charge in [-0.15, -0.1) is 0 Å². The van der Waals surface area contributed by atoms with Crippen LogP contribution < -0.4 is 24.0 Å². The third kappa shape index (κ3) is 3.49. The molecule has 1 atom stereocenters. The second kappa shape index (κ2) is 6.95. The third-order valence-electron chi connectivity index (χ3n) is 2.93. The first kappa shape index (κ1) is 16.5. The van der Waals surface area contributed by atoms with Gasteiger partial charge in [-0.05, 0) is 23.4 Å². The summed E-state index contributed by atoms with van der Waals surface area (Å²) in [4.78, 5) is 0. The van der Waals surface area contributed by atoms with Crippen molar-refractivity contribution < 1.29 is 23.3 Å². The van der Waals surface area contributed by atoms with E-state index in [1.807, 2.05) is 0 Å². The number of halogens is 1. The summed E-state index contributed by atoms with van der Waals surface area (Å²) in [7, 11) is 4.47. The first-order valence-electron chi connectivity index (χ1n) is 6.36. The molecule has 0 aliphatic carbocycles. The predicted octanol–water partition coefficient (Wildman–Crippen LogP) is 3.85. The standard InChI is InChI=1S/C15H16ClO5P/c1-18-13-9-11(10-14(19-2)15(13)20-3)21-22(16,17)12-7-5-4-6-8-12/h4-10H,1-3H3. The van der Waals surface area contributed by atoms with Crippen LogP contribution in [-0.4, -0.2) is 21.3 Å². The zero-order chi connectivity index (χ0) is 16.2. The molecule has 0 radical (unpaired) electrons. The van der Waals surface area contributed by atoms with Gasteiger partial charge in [0.2, 0.25) is 5.75 Å². The minimum absolute atomic E-state index is 0.261. The van der Waals surface area contributed by atoms with Gasteiger partial charge >= 0.3 is 6.72 Å². The molecule has 0 amide bonds. The molecule has 0 aliphatic heterocycles. The van der Waals surface area contributed by atoms with Crippen molar-refractivity contribution >= 4 is 23.3 Å². The van der Waals surface area contributed by atoms with Crippen LogP contribution in [-0.2, 0) is 4.57 Å². The van der Waals surface area contributed by atoms with Crippen LogP contribution in [0.1, 0.15) is 0 Å². The summed E-state index contributed by atoms with van der Waals surface area (Å²) in [6.45, 7) is -3.53. The lowest BCUT2D eigenvalue weighted by molar-refractivity contribution is 0.322.